The van der Waals surface area contributed by atoms with Crippen LogP contribution in [0.25, 0.3) is 0 Å². The standard InChI is InChI=1S/C21H29FN2O2/c1-26-19-12-17(6-7-18(19)22)13-23-11-9-21(15-23)8-3-10-24(20(21)25)14-16-4-2-5-16/h6-7,12,16H,2-5,8-11,13-15H2,1H3. The van der Waals surface area contributed by atoms with E-state index in [1.54, 1.807) is 6.07 Å². The number of hydrogen-bond donors (Lipinski definition) is 0. The fourth-order valence-electron chi connectivity index (χ4n) is 4.85. The summed E-state index contributed by atoms with van der Waals surface area (Å²) in [4.78, 5) is 17.7. The fourth-order valence-corrected chi connectivity index (χ4v) is 4.85. The summed E-state index contributed by atoms with van der Waals surface area (Å²) in [5, 5.41) is 0. The highest BCUT2D eigenvalue weighted by Gasteiger charge is 2.48. The van der Waals surface area contributed by atoms with Gasteiger partial charge in [-0.3, -0.25) is 9.69 Å². The van der Waals surface area contributed by atoms with E-state index in [0.29, 0.717) is 5.91 Å². The molecule has 1 aliphatic carbocycles. The predicted octanol–water partition coefficient (Wildman–Crippen LogP) is 3.45. The minimum Gasteiger partial charge on any atom is -0.494 e. The zero-order valence-electron chi connectivity index (χ0n) is 15.7. The molecule has 1 unspecified atom stereocenters. The first kappa shape index (κ1) is 17.8. The molecule has 3 aliphatic rings. The van der Waals surface area contributed by atoms with Gasteiger partial charge in [-0.1, -0.05) is 12.5 Å². The number of rotatable bonds is 5. The van der Waals surface area contributed by atoms with Gasteiger partial charge in [0.1, 0.15) is 0 Å². The number of amides is 1. The van der Waals surface area contributed by atoms with Gasteiger partial charge in [-0.25, -0.2) is 4.39 Å². The van der Waals surface area contributed by atoms with Gasteiger partial charge in [0.05, 0.1) is 12.5 Å². The monoisotopic (exact) mass is 360 g/mol. The molecular weight excluding hydrogens is 331 g/mol. The van der Waals surface area contributed by atoms with Crippen LogP contribution >= 0.6 is 0 Å². The summed E-state index contributed by atoms with van der Waals surface area (Å²) < 4.78 is 18.7. The first-order chi connectivity index (χ1) is 12.6. The van der Waals surface area contributed by atoms with Crippen LogP contribution in [0.2, 0.25) is 0 Å². The van der Waals surface area contributed by atoms with Crippen LogP contribution in [0.15, 0.2) is 18.2 Å². The second kappa shape index (κ2) is 7.18. The summed E-state index contributed by atoms with van der Waals surface area (Å²) in [6.07, 6.45) is 6.98. The summed E-state index contributed by atoms with van der Waals surface area (Å²) in [6.45, 7) is 4.41. The van der Waals surface area contributed by atoms with Gasteiger partial charge in [0.25, 0.3) is 0 Å². The Kier molecular flexibility index (Phi) is 4.91. The first-order valence-corrected chi connectivity index (χ1v) is 9.94. The van der Waals surface area contributed by atoms with Crippen LogP contribution in [-0.4, -0.2) is 49.0 Å². The summed E-state index contributed by atoms with van der Waals surface area (Å²) in [5.41, 5.74) is 0.849. The normalized spacial score (nSPS) is 27.2. The lowest BCUT2D eigenvalue weighted by molar-refractivity contribution is -0.146. The molecule has 0 N–H and O–H groups in total. The Labute approximate surface area is 155 Å². The molecule has 1 spiro atoms. The molecule has 1 amide bonds. The molecule has 1 atom stereocenters. The molecule has 0 aromatic heterocycles. The van der Waals surface area contributed by atoms with Crippen LogP contribution in [0.3, 0.4) is 0 Å². The molecule has 2 heterocycles. The Morgan fingerprint density at radius 3 is 2.81 bits per heavy atom. The second-order valence-electron chi connectivity index (χ2n) is 8.36. The van der Waals surface area contributed by atoms with Crippen LogP contribution in [0.4, 0.5) is 4.39 Å². The van der Waals surface area contributed by atoms with E-state index in [4.69, 9.17) is 4.74 Å². The van der Waals surface area contributed by atoms with E-state index >= 15 is 0 Å². The lowest BCUT2D eigenvalue weighted by Gasteiger charge is -2.42. The van der Waals surface area contributed by atoms with Crippen LogP contribution in [0.5, 0.6) is 5.75 Å². The quantitative estimate of drug-likeness (QED) is 0.806. The predicted molar refractivity (Wildman–Crippen MR) is 98.4 cm³/mol. The van der Waals surface area contributed by atoms with Crippen LogP contribution in [0.1, 0.15) is 44.1 Å². The highest BCUT2D eigenvalue weighted by Crippen LogP contribution is 2.41. The molecular formula is C21H29FN2O2. The van der Waals surface area contributed by atoms with Crippen LogP contribution in [0, 0.1) is 17.2 Å². The second-order valence-corrected chi connectivity index (χ2v) is 8.36. The lowest BCUT2D eigenvalue weighted by Crippen LogP contribution is -2.51. The van der Waals surface area contributed by atoms with Crippen molar-refractivity contribution in [2.24, 2.45) is 11.3 Å². The summed E-state index contributed by atoms with van der Waals surface area (Å²) in [6, 6.07) is 5.05. The Morgan fingerprint density at radius 1 is 1.23 bits per heavy atom. The topological polar surface area (TPSA) is 32.8 Å². The number of halogens is 1. The molecule has 1 aromatic carbocycles. The molecule has 2 saturated heterocycles. The molecule has 1 aromatic rings. The summed E-state index contributed by atoms with van der Waals surface area (Å²) in [7, 11) is 1.49. The molecule has 0 bridgehead atoms. The molecule has 4 nitrogen and oxygen atoms in total. The van der Waals surface area contributed by atoms with Crippen molar-refractivity contribution >= 4 is 5.91 Å². The molecule has 3 fully saturated rings. The minimum atomic E-state index is -0.330. The van der Waals surface area contributed by atoms with Gasteiger partial charge in [-0.2, -0.15) is 0 Å². The van der Waals surface area contributed by atoms with Gasteiger partial charge in [-0.15, -0.1) is 0 Å². The first-order valence-electron chi connectivity index (χ1n) is 9.94. The lowest BCUT2D eigenvalue weighted by atomic mass is 9.77. The SMILES string of the molecule is COc1cc(CN2CCC3(CCCN(CC4CCC4)C3=O)C2)ccc1F. The number of methoxy groups -OCH3 is 1. The average Bonchev–Trinajstić information content (AvgIpc) is 3.00. The number of carbonyl (C=O) groups excluding carboxylic acids is 1. The number of carbonyl (C=O) groups is 1. The van der Waals surface area contributed by atoms with Crippen molar-refractivity contribution in [2.75, 3.05) is 33.3 Å². The van der Waals surface area contributed by atoms with E-state index in [-0.39, 0.29) is 17.0 Å². The third kappa shape index (κ3) is 3.34. The number of likely N-dealkylation sites (tertiary alicyclic amines) is 2. The van der Waals surface area contributed by atoms with E-state index < -0.39 is 0 Å². The van der Waals surface area contributed by atoms with E-state index in [1.165, 1.54) is 32.4 Å². The van der Waals surface area contributed by atoms with Crippen LogP contribution in [-0.2, 0) is 11.3 Å². The van der Waals surface area contributed by atoms with Crippen molar-refractivity contribution in [3.05, 3.63) is 29.6 Å². The number of hydrogen-bond acceptors (Lipinski definition) is 3. The van der Waals surface area contributed by atoms with E-state index in [1.807, 2.05) is 6.07 Å². The van der Waals surface area contributed by atoms with Gasteiger partial charge in [0.15, 0.2) is 11.6 Å². The molecule has 1 saturated carbocycles. The Bertz CT molecular complexity index is 676. The van der Waals surface area contributed by atoms with Crippen molar-refractivity contribution in [2.45, 2.75) is 45.1 Å². The van der Waals surface area contributed by atoms with Gasteiger partial charge in [0, 0.05) is 26.2 Å². The molecule has 142 valence electrons. The van der Waals surface area contributed by atoms with E-state index in [9.17, 15) is 9.18 Å². The summed E-state index contributed by atoms with van der Waals surface area (Å²) >= 11 is 0. The van der Waals surface area contributed by atoms with Gasteiger partial charge in [-0.05, 0) is 62.3 Å². The molecule has 5 heteroatoms. The molecule has 4 rings (SSSR count). The third-order valence-corrected chi connectivity index (χ3v) is 6.58. The Balaban J connectivity index is 1.41. The van der Waals surface area contributed by atoms with Crippen molar-refractivity contribution in [1.82, 2.24) is 9.80 Å². The van der Waals surface area contributed by atoms with Crippen molar-refractivity contribution in [1.29, 1.82) is 0 Å². The summed E-state index contributed by atoms with van der Waals surface area (Å²) in [5.74, 6) is 1.08. The average molecular weight is 360 g/mol. The third-order valence-electron chi connectivity index (χ3n) is 6.58. The Hall–Kier alpha value is -1.62. The molecule has 0 radical (unpaired) electrons. The van der Waals surface area contributed by atoms with Crippen molar-refractivity contribution in [3.8, 4) is 5.75 Å². The van der Waals surface area contributed by atoms with Gasteiger partial charge < -0.3 is 9.64 Å². The zero-order valence-corrected chi connectivity index (χ0v) is 15.7. The molecule has 26 heavy (non-hydrogen) atoms. The maximum atomic E-state index is 13.6. The smallest absolute Gasteiger partial charge is 0.230 e. The van der Waals surface area contributed by atoms with Gasteiger partial charge >= 0.3 is 0 Å². The number of benzene rings is 1. The highest BCUT2D eigenvalue weighted by atomic mass is 19.1. The number of ether oxygens (including phenoxy) is 1. The van der Waals surface area contributed by atoms with E-state index in [0.717, 1.165) is 63.5 Å². The van der Waals surface area contributed by atoms with E-state index in [2.05, 4.69) is 9.80 Å². The number of nitrogens with zero attached hydrogens (tertiary/aromatic N) is 2. The van der Waals surface area contributed by atoms with Crippen molar-refractivity contribution < 1.29 is 13.9 Å². The van der Waals surface area contributed by atoms with Crippen LogP contribution < -0.4 is 4.74 Å². The molecule has 2 aliphatic heterocycles. The maximum absolute atomic E-state index is 13.6. The Morgan fingerprint density at radius 2 is 2.08 bits per heavy atom. The zero-order chi connectivity index (χ0) is 18.1. The van der Waals surface area contributed by atoms with Crippen molar-refractivity contribution in [3.63, 3.8) is 0 Å². The fraction of sp³-hybridized carbons (Fsp3) is 0.667. The van der Waals surface area contributed by atoms with Gasteiger partial charge in [0.2, 0.25) is 5.91 Å². The largest absolute Gasteiger partial charge is 0.494 e. The maximum Gasteiger partial charge on any atom is 0.230 e. The minimum absolute atomic E-state index is 0.188. The number of piperidine rings is 1. The highest BCUT2D eigenvalue weighted by molar-refractivity contribution is 5.84.